The molecule has 0 N–H and O–H groups in total. The number of terminal acetylenes is 1. The molecule has 1 amide bonds. The van der Waals surface area contributed by atoms with Crippen LogP contribution in [0.3, 0.4) is 0 Å². The second-order valence-electron chi connectivity index (χ2n) is 7.22. The summed E-state index contributed by atoms with van der Waals surface area (Å²) < 4.78 is 5.94. The molecule has 2 aromatic carbocycles. The first-order valence-corrected chi connectivity index (χ1v) is 9.85. The van der Waals surface area contributed by atoms with E-state index in [1.165, 1.54) is 11.1 Å². The topological polar surface area (TPSA) is 32.8 Å². The summed E-state index contributed by atoms with van der Waals surface area (Å²) in [4.78, 5) is 16.9. The zero-order valence-electron chi connectivity index (χ0n) is 16.6. The van der Waals surface area contributed by atoms with Crippen molar-refractivity contribution in [1.82, 2.24) is 9.80 Å². The summed E-state index contributed by atoms with van der Waals surface area (Å²) in [7, 11) is 0. The number of carbonyl (C=O) groups excluding carboxylic acids is 1. The van der Waals surface area contributed by atoms with Crippen LogP contribution in [-0.4, -0.2) is 48.4 Å². The molecule has 0 radical (unpaired) electrons. The highest BCUT2D eigenvalue weighted by atomic mass is 16.5. The lowest BCUT2D eigenvalue weighted by Gasteiger charge is -2.34. The molecule has 1 saturated heterocycles. The van der Waals surface area contributed by atoms with Crippen LogP contribution in [0.4, 0.5) is 0 Å². The molecule has 1 fully saturated rings. The molecule has 1 aliphatic rings. The summed E-state index contributed by atoms with van der Waals surface area (Å²) in [5, 5.41) is 0. The number of nitrogens with zero attached hydrogens (tertiary/aromatic N) is 2. The molecule has 0 spiro atoms. The third-order valence-corrected chi connectivity index (χ3v) is 5.21. The summed E-state index contributed by atoms with van der Waals surface area (Å²) in [5.74, 6) is 3.65. The standard InChI is InChI=1S/C24H28N2O2/c1-3-4-12-25-13-15-26(16-14-25)24(27)18-21-9-7-11-23(17-21)28-19-22-10-6-5-8-20(22)2/h1,5-11,17H,4,12-16,18-19H2,2H3. The minimum absolute atomic E-state index is 0.174. The van der Waals surface area contributed by atoms with E-state index in [1.54, 1.807) is 0 Å². The lowest BCUT2D eigenvalue weighted by atomic mass is 10.1. The smallest absolute Gasteiger partial charge is 0.227 e. The molecule has 146 valence electrons. The Morgan fingerprint density at radius 2 is 1.89 bits per heavy atom. The molecule has 0 bridgehead atoms. The number of aryl methyl sites for hydroxylation is 1. The van der Waals surface area contributed by atoms with Crippen LogP contribution in [0.5, 0.6) is 5.75 Å². The Hall–Kier alpha value is -2.77. The molecule has 1 aliphatic heterocycles. The first kappa shape index (κ1) is 20.0. The van der Waals surface area contributed by atoms with Crippen molar-refractivity contribution in [2.45, 2.75) is 26.4 Å². The number of hydrogen-bond acceptors (Lipinski definition) is 3. The van der Waals surface area contributed by atoms with E-state index in [-0.39, 0.29) is 5.91 Å². The average molecular weight is 377 g/mol. The highest BCUT2D eigenvalue weighted by Gasteiger charge is 2.20. The second kappa shape index (κ2) is 9.96. The Morgan fingerprint density at radius 3 is 2.64 bits per heavy atom. The van der Waals surface area contributed by atoms with E-state index < -0.39 is 0 Å². The number of ether oxygens (including phenoxy) is 1. The maximum absolute atomic E-state index is 12.7. The maximum Gasteiger partial charge on any atom is 0.227 e. The van der Waals surface area contributed by atoms with Crippen molar-refractivity contribution in [3.05, 3.63) is 65.2 Å². The molecule has 0 saturated carbocycles. The van der Waals surface area contributed by atoms with Gasteiger partial charge in [-0.05, 0) is 35.7 Å². The fourth-order valence-electron chi connectivity index (χ4n) is 3.41. The van der Waals surface area contributed by atoms with Crippen LogP contribution in [0.1, 0.15) is 23.1 Å². The van der Waals surface area contributed by atoms with Crippen LogP contribution >= 0.6 is 0 Å². The molecule has 28 heavy (non-hydrogen) atoms. The van der Waals surface area contributed by atoms with Gasteiger partial charge in [0.2, 0.25) is 5.91 Å². The lowest BCUT2D eigenvalue weighted by Crippen LogP contribution is -2.49. The lowest BCUT2D eigenvalue weighted by molar-refractivity contribution is -0.132. The van der Waals surface area contributed by atoms with E-state index in [4.69, 9.17) is 11.2 Å². The number of carbonyl (C=O) groups is 1. The number of benzene rings is 2. The van der Waals surface area contributed by atoms with Crippen LogP contribution in [0.2, 0.25) is 0 Å². The largest absolute Gasteiger partial charge is 0.489 e. The van der Waals surface area contributed by atoms with Crippen molar-refractivity contribution in [3.63, 3.8) is 0 Å². The van der Waals surface area contributed by atoms with Crippen LogP contribution in [0.25, 0.3) is 0 Å². The zero-order valence-corrected chi connectivity index (χ0v) is 16.6. The Kier molecular flexibility index (Phi) is 7.11. The number of hydrogen-bond donors (Lipinski definition) is 0. The third-order valence-electron chi connectivity index (χ3n) is 5.21. The highest BCUT2D eigenvalue weighted by Crippen LogP contribution is 2.18. The molecule has 4 nitrogen and oxygen atoms in total. The van der Waals surface area contributed by atoms with Crippen molar-refractivity contribution in [1.29, 1.82) is 0 Å². The zero-order chi connectivity index (χ0) is 19.8. The predicted molar refractivity (Wildman–Crippen MR) is 112 cm³/mol. The molecule has 2 aromatic rings. The summed E-state index contributed by atoms with van der Waals surface area (Å²) in [6, 6.07) is 16.1. The molecular formula is C24H28N2O2. The van der Waals surface area contributed by atoms with E-state index in [0.29, 0.717) is 13.0 Å². The van der Waals surface area contributed by atoms with Gasteiger partial charge in [-0.1, -0.05) is 36.4 Å². The van der Waals surface area contributed by atoms with Gasteiger partial charge in [-0.3, -0.25) is 9.69 Å². The van der Waals surface area contributed by atoms with Crippen LogP contribution < -0.4 is 4.74 Å². The molecule has 0 atom stereocenters. The Morgan fingerprint density at radius 1 is 1.11 bits per heavy atom. The molecule has 1 heterocycles. The maximum atomic E-state index is 12.7. The van der Waals surface area contributed by atoms with Gasteiger partial charge in [0.1, 0.15) is 12.4 Å². The molecule has 3 rings (SSSR count). The number of amides is 1. The minimum Gasteiger partial charge on any atom is -0.489 e. The number of piperazine rings is 1. The molecule has 0 unspecified atom stereocenters. The third kappa shape index (κ3) is 5.61. The first-order valence-electron chi connectivity index (χ1n) is 9.85. The van der Waals surface area contributed by atoms with Gasteiger partial charge in [-0.15, -0.1) is 12.3 Å². The van der Waals surface area contributed by atoms with Crippen molar-refractivity contribution in [2.24, 2.45) is 0 Å². The number of rotatable bonds is 7. The van der Waals surface area contributed by atoms with E-state index in [0.717, 1.165) is 50.5 Å². The second-order valence-corrected chi connectivity index (χ2v) is 7.22. The predicted octanol–water partition coefficient (Wildman–Crippen LogP) is 3.28. The van der Waals surface area contributed by atoms with Gasteiger partial charge in [0.05, 0.1) is 6.42 Å². The average Bonchev–Trinajstić information content (AvgIpc) is 2.72. The Balaban J connectivity index is 1.51. The first-order chi connectivity index (χ1) is 13.7. The van der Waals surface area contributed by atoms with Crippen LogP contribution in [0.15, 0.2) is 48.5 Å². The van der Waals surface area contributed by atoms with E-state index in [9.17, 15) is 4.79 Å². The SMILES string of the molecule is C#CCCN1CCN(C(=O)Cc2cccc(OCc3ccccc3C)c2)CC1. The normalized spacial score (nSPS) is 14.5. The fourth-order valence-corrected chi connectivity index (χ4v) is 3.41. The minimum atomic E-state index is 0.174. The Bertz CT molecular complexity index is 832. The fraction of sp³-hybridized carbons (Fsp3) is 0.375. The molecule has 0 aliphatic carbocycles. The van der Waals surface area contributed by atoms with Crippen LogP contribution in [-0.2, 0) is 17.8 Å². The van der Waals surface area contributed by atoms with Crippen LogP contribution in [0, 0.1) is 19.3 Å². The van der Waals surface area contributed by atoms with Gasteiger partial charge in [0.25, 0.3) is 0 Å². The summed E-state index contributed by atoms with van der Waals surface area (Å²) in [5.41, 5.74) is 3.38. The highest BCUT2D eigenvalue weighted by molar-refractivity contribution is 5.79. The monoisotopic (exact) mass is 376 g/mol. The van der Waals surface area contributed by atoms with Gasteiger partial charge in [0.15, 0.2) is 0 Å². The van der Waals surface area contributed by atoms with Crippen molar-refractivity contribution >= 4 is 5.91 Å². The van der Waals surface area contributed by atoms with Gasteiger partial charge in [-0.2, -0.15) is 0 Å². The van der Waals surface area contributed by atoms with Gasteiger partial charge < -0.3 is 9.64 Å². The van der Waals surface area contributed by atoms with Crippen molar-refractivity contribution in [3.8, 4) is 18.1 Å². The summed E-state index contributed by atoms with van der Waals surface area (Å²) in [6.07, 6.45) is 6.51. The molecular weight excluding hydrogens is 348 g/mol. The Labute approximate surface area is 168 Å². The van der Waals surface area contributed by atoms with E-state index in [1.807, 2.05) is 41.3 Å². The van der Waals surface area contributed by atoms with E-state index >= 15 is 0 Å². The summed E-state index contributed by atoms with van der Waals surface area (Å²) in [6.45, 7) is 6.86. The quantitative estimate of drug-likeness (QED) is 0.695. The van der Waals surface area contributed by atoms with Crippen molar-refractivity contribution < 1.29 is 9.53 Å². The summed E-state index contributed by atoms with van der Waals surface area (Å²) >= 11 is 0. The van der Waals surface area contributed by atoms with Gasteiger partial charge in [-0.25, -0.2) is 0 Å². The van der Waals surface area contributed by atoms with Crippen molar-refractivity contribution in [2.75, 3.05) is 32.7 Å². The van der Waals surface area contributed by atoms with E-state index in [2.05, 4.69) is 29.9 Å². The van der Waals surface area contributed by atoms with Gasteiger partial charge in [0, 0.05) is 39.1 Å². The molecule has 0 aromatic heterocycles. The molecule has 4 heteroatoms. The van der Waals surface area contributed by atoms with Gasteiger partial charge >= 0.3 is 0 Å².